The molecule has 0 aliphatic heterocycles. The van der Waals surface area contributed by atoms with E-state index in [0.29, 0.717) is 0 Å². The lowest BCUT2D eigenvalue weighted by Gasteiger charge is -2.04. The van der Waals surface area contributed by atoms with Crippen molar-refractivity contribution in [2.45, 2.75) is 19.8 Å². The van der Waals surface area contributed by atoms with Crippen LogP contribution in [0.2, 0.25) is 0 Å². The van der Waals surface area contributed by atoms with Gasteiger partial charge >= 0.3 is 0 Å². The number of ether oxygens (including phenoxy) is 1. The maximum Gasteiger partial charge on any atom is 0.130 e. The molecule has 0 saturated carbocycles. The van der Waals surface area contributed by atoms with E-state index in [4.69, 9.17) is 4.74 Å². The van der Waals surface area contributed by atoms with Crippen LogP contribution in [-0.2, 0) is 6.42 Å². The van der Waals surface area contributed by atoms with Crippen LogP contribution in [0, 0.1) is 6.07 Å². The molecule has 0 aliphatic carbocycles. The number of benzene rings is 1. The minimum absolute atomic E-state index is 0.884. The van der Waals surface area contributed by atoms with Crippen molar-refractivity contribution in [3.05, 3.63) is 29.8 Å². The highest BCUT2D eigenvalue weighted by Gasteiger charge is 1.98. The fourth-order valence-electron chi connectivity index (χ4n) is 1.11. The van der Waals surface area contributed by atoms with Crippen molar-refractivity contribution in [1.82, 2.24) is 0 Å². The molecular formula is C10H13O. The summed E-state index contributed by atoms with van der Waals surface area (Å²) in [6.07, 6.45) is 2.22. The summed E-state index contributed by atoms with van der Waals surface area (Å²) >= 11 is 0. The quantitative estimate of drug-likeness (QED) is 0.641. The first kappa shape index (κ1) is 8.12. The first-order chi connectivity index (χ1) is 5.38. The van der Waals surface area contributed by atoms with Gasteiger partial charge in [-0.3, -0.25) is 0 Å². The van der Waals surface area contributed by atoms with Gasteiger partial charge in [-0.1, -0.05) is 31.5 Å². The Morgan fingerprint density at radius 2 is 2.36 bits per heavy atom. The van der Waals surface area contributed by atoms with Crippen LogP contribution >= 0.6 is 0 Å². The highest BCUT2D eigenvalue weighted by molar-refractivity contribution is 5.31. The van der Waals surface area contributed by atoms with Gasteiger partial charge < -0.3 is 4.74 Å². The highest BCUT2D eigenvalue weighted by atomic mass is 16.5. The minimum Gasteiger partial charge on any atom is -0.496 e. The van der Waals surface area contributed by atoms with Gasteiger partial charge in [0.05, 0.1) is 7.11 Å². The van der Waals surface area contributed by atoms with Crippen LogP contribution in [0.5, 0.6) is 5.75 Å². The van der Waals surface area contributed by atoms with E-state index in [1.807, 2.05) is 12.1 Å². The van der Waals surface area contributed by atoms with E-state index >= 15 is 0 Å². The molecule has 0 atom stereocenters. The molecule has 59 valence electrons. The summed E-state index contributed by atoms with van der Waals surface area (Å²) < 4.78 is 5.14. The molecule has 0 unspecified atom stereocenters. The Hall–Kier alpha value is -0.980. The van der Waals surface area contributed by atoms with Gasteiger partial charge in [-0.2, -0.15) is 0 Å². The van der Waals surface area contributed by atoms with E-state index in [9.17, 15) is 0 Å². The van der Waals surface area contributed by atoms with Crippen LogP contribution in [-0.4, -0.2) is 7.11 Å². The predicted octanol–water partition coefficient (Wildman–Crippen LogP) is 2.45. The lowest BCUT2D eigenvalue weighted by Crippen LogP contribution is -1.90. The van der Waals surface area contributed by atoms with Crippen molar-refractivity contribution in [2.75, 3.05) is 7.11 Å². The SMILES string of the molecule is CCCc1ccc[c]c1OC. The zero-order chi connectivity index (χ0) is 8.10. The second kappa shape index (κ2) is 4.02. The van der Waals surface area contributed by atoms with Crippen LogP contribution in [0.4, 0.5) is 0 Å². The zero-order valence-corrected chi connectivity index (χ0v) is 7.05. The number of para-hydroxylation sites is 1. The van der Waals surface area contributed by atoms with Crippen LogP contribution in [0.15, 0.2) is 18.2 Å². The van der Waals surface area contributed by atoms with Gasteiger partial charge in [-0.05, 0) is 12.0 Å². The van der Waals surface area contributed by atoms with Gasteiger partial charge in [0.1, 0.15) is 5.75 Å². The van der Waals surface area contributed by atoms with E-state index < -0.39 is 0 Å². The molecule has 1 heteroatoms. The topological polar surface area (TPSA) is 9.23 Å². The Bertz CT molecular complexity index is 218. The molecular weight excluding hydrogens is 136 g/mol. The number of aryl methyl sites for hydroxylation is 1. The van der Waals surface area contributed by atoms with E-state index in [1.165, 1.54) is 5.56 Å². The summed E-state index contributed by atoms with van der Waals surface area (Å²) in [6.45, 7) is 2.16. The molecule has 0 bridgehead atoms. The standard InChI is InChI=1S/C10H13O/c1-3-6-9-7-4-5-8-10(9)11-2/h4-5,7H,3,6H2,1-2H3. The molecule has 0 heterocycles. The molecule has 0 saturated heterocycles. The third-order valence-electron chi connectivity index (χ3n) is 1.62. The summed E-state index contributed by atoms with van der Waals surface area (Å²) in [6, 6.07) is 9.00. The Kier molecular flexibility index (Phi) is 2.96. The molecule has 0 aliphatic rings. The molecule has 0 fully saturated rings. The first-order valence-electron chi connectivity index (χ1n) is 3.92. The van der Waals surface area contributed by atoms with Gasteiger partial charge in [0.15, 0.2) is 0 Å². The molecule has 0 aromatic heterocycles. The maximum atomic E-state index is 5.14. The lowest BCUT2D eigenvalue weighted by atomic mass is 10.1. The lowest BCUT2D eigenvalue weighted by molar-refractivity contribution is 0.408. The summed E-state index contributed by atoms with van der Waals surface area (Å²) in [4.78, 5) is 0. The molecule has 1 rings (SSSR count). The molecule has 0 spiro atoms. The van der Waals surface area contributed by atoms with Gasteiger partial charge in [0.25, 0.3) is 0 Å². The van der Waals surface area contributed by atoms with Crippen molar-refractivity contribution in [1.29, 1.82) is 0 Å². The normalized spacial score (nSPS) is 9.64. The van der Waals surface area contributed by atoms with Crippen LogP contribution in [0.25, 0.3) is 0 Å². The third kappa shape index (κ3) is 1.97. The van der Waals surface area contributed by atoms with Gasteiger partial charge in [0, 0.05) is 6.07 Å². The third-order valence-corrected chi connectivity index (χ3v) is 1.62. The van der Waals surface area contributed by atoms with Gasteiger partial charge in [-0.25, -0.2) is 0 Å². The number of rotatable bonds is 3. The molecule has 1 aromatic carbocycles. The molecule has 0 amide bonds. The Balaban J connectivity index is 2.83. The molecule has 1 radical (unpaired) electrons. The van der Waals surface area contributed by atoms with E-state index in [2.05, 4.69) is 19.1 Å². The smallest absolute Gasteiger partial charge is 0.130 e. The van der Waals surface area contributed by atoms with Crippen molar-refractivity contribution < 1.29 is 4.74 Å². The summed E-state index contributed by atoms with van der Waals surface area (Å²) in [5, 5.41) is 0. The average Bonchev–Trinajstić information content (AvgIpc) is 2.06. The maximum absolute atomic E-state index is 5.14. The number of hydrogen-bond donors (Lipinski definition) is 0. The summed E-state index contributed by atoms with van der Waals surface area (Å²) in [7, 11) is 1.69. The fourth-order valence-corrected chi connectivity index (χ4v) is 1.11. The molecule has 1 aromatic rings. The van der Waals surface area contributed by atoms with Crippen LogP contribution in [0.3, 0.4) is 0 Å². The van der Waals surface area contributed by atoms with E-state index in [1.54, 1.807) is 7.11 Å². The monoisotopic (exact) mass is 149 g/mol. The second-order valence-corrected chi connectivity index (χ2v) is 2.48. The first-order valence-corrected chi connectivity index (χ1v) is 3.92. The van der Waals surface area contributed by atoms with E-state index in [0.717, 1.165) is 18.6 Å². The zero-order valence-electron chi connectivity index (χ0n) is 7.05. The van der Waals surface area contributed by atoms with Crippen LogP contribution < -0.4 is 4.74 Å². The van der Waals surface area contributed by atoms with Crippen molar-refractivity contribution >= 4 is 0 Å². The molecule has 11 heavy (non-hydrogen) atoms. The second-order valence-electron chi connectivity index (χ2n) is 2.48. The summed E-state index contributed by atoms with van der Waals surface area (Å²) in [5.41, 5.74) is 1.25. The van der Waals surface area contributed by atoms with Gasteiger partial charge in [0.2, 0.25) is 0 Å². The Labute approximate surface area is 68.0 Å². The molecule has 1 nitrogen and oxygen atoms in total. The predicted molar refractivity (Wildman–Crippen MR) is 45.8 cm³/mol. The molecule has 0 N–H and O–H groups in total. The van der Waals surface area contributed by atoms with Crippen molar-refractivity contribution in [3.8, 4) is 5.75 Å². The Morgan fingerprint density at radius 1 is 1.55 bits per heavy atom. The largest absolute Gasteiger partial charge is 0.496 e. The van der Waals surface area contributed by atoms with Crippen molar-refractivity contribution in [2.24, 2.45) is 0 Å². The summed E-state index contributed by atoms with van der Waals surface area (Å²) in [5.74, 6) is 0.884. The highest BCUT2D eigenvalue weighted by Crippen LogP contribution is 2.17. The number of methoxy groups -OCH3 is 1. The average molecular weight is 149 g/mol. The fraction of sp³-hybridized carbons (Fsp3) is 0.400. The Morgan fingerprint density at radius 3 is 3.00 bits per heavy atom. The van der Waals surface area contributed by atoms with Crippen molar-refractivity contribution in [3.63, 3.8) is 0 Å². The number of hydrogen-bond acceptors (Lipinski definition) is 1. The van der Waals surface area contributed by atoms with Crippen LogP contribution in [0.1, 0.15) is 18.9 Å². The van der Waals surface area contributed by atoms with Gasteiger partial charge in [-0.15, -0.1) is 0 Å². The van der Waals surface area contributed by atoms with E-state index in [-0.39, 0.29) is 0 Å². The minimum atomic E-state index is 0.884.